The number of nitrogens with zero attached hydrogens (tertiary/aromatic N) is 3. The van der Waals surface area contributed by atoms with Crippen molar-refractivity contribution < 1.29 is 0 Å². The summed E-state index contributed by atoms with van der Waals surface area (Å²) in [5.74, 6) is 0. The molecule has 2 heterocycles. The van der Waals surface area contributed by atoms with E-state index >= 15 is 0 Å². The number of fused-ring (bicyclic) bond motifs is 10. The normalized spacial score (nSPS) is 13.1. The van der Waals surface area contributed by atoms with Gasteiger partial charge in [-0.1, -0.05) is 135 Å². The van der Waals surface area contributed by atoms with E-state index in [2.05, 4.69) is 212 Å². The molecule has 11 rings (SSSR count). The Labute approximate surface area is 326 Å². The smallest absolute Gasteiger partial charge is 0.0788 e. The van der Waals surface area contributed by atoms with Crippen molar-refractivity contribution in [2.24, 2.45) is 0 Å². The first-order chi connectivity index (χ1) is 27.5. The molecule has 1 aliphatic rings. The molecule has 0 saturated carbocycles. The van der Waals surface area contributed by atoms with E-state index in [4.69, 9.17) is 4.98 Å². The summed E-state index contributed by atoms with van der Waals surface area (Å²) in [6.45, 7) is 6.84. The minimum Gasteiger partial charge on any atom is -0.310 e. The first-order valence-corrected chi connectivity index (χ1v) is 19.5. The van der Waals surface area contributed by atoms with Gasteiger partial charge in [-0.05, 0) is 95.9 Å². The number of pyridine rings is 1. The fourth-order valence-electron chi connectivity index (χ4n) is 9.32. The Bertz CT molecular complexity index is 3150. The molecule has 0 saturated heterocycles. The second kappa shape index (κ2) is 12.3. The van der Waals surface area contributed by atoms with E-state index in [1.165, 1.54) is 55.0 Å². The van der Waals surface area contributed by atoms with Crippen molar-refractivity contribution in [2.45, 2.75) is 26.2 Å². The van der Waals surface area contributed by atoms with Crippen LogP contribution in [0.1, 0.15) is 30.5 Å². The minimum atomic E-state index is -0.0909. The molecule has 10 aromatic rings. The molecule has 0 N–H and O–H groups in total. The van der Waals surface area contributed by atoms with Crippen LogP contribution in [0.15, 0.2) is 182 Å². The zero-order chi connectivity index (χ0) is 37.5. The van der Waals surface area contributed by atoms with Gasteiger partial charge in [0.2, 0.25) is 0 Å². The third-order valence-corrected chi connectivity index (χ3v) is 12.0. The summed E-state index contributed by atoms with van der Waals surface area (Å²) < 4.78 is 2.40. The molecule has 0 fully saturated rings. The zero-order valence-electron chi connectivity index (χ0n) is 31.7. The van der Waals surface area contributed by atoms with Crippen LogP contribution >= 0.6 is 0 Å². The van der Waals surface area contributed by atoms with Gasteiger partial charge >= 0.3 is 0 Å². The van der Waals surface area contributed by atoms with E-state index in [0.717, 1.165) is 50.3 Å². The lowest BCUT2D eigenvalue weighted by Gasteiger charge is -2.28. The van der Waals surface area contributed by atoms with Crippen molar-refractivity contribution in [1.82, 2.24) is 9.55 Å². The van der Waals surface area contributed by atoms with Gasteiger partial charge in [0.1, 0.15) is 0 Å². The van der Waals surface area contributed by atoms with Crippen LogP contribution in [0.25, 0.3) is 71.6 Å². The van der Waals surface area contributed by atoms with Crippen LogP contribution in [0.5, 0.6) is 0 Å². The van der Waals surface area contributed by atoms with Gasteiger partial charge in [-0.2, -0.15) is 0 Å². The average Bonchev–Trinajstić information content (AvgIpc) is 3.70. The minimum absolute atomic E-state index is 0.0909. The second-order valence-electron chi connectivity index (χ2n) is 15.7. The molecule has 0 amide bonds. The molecule has 0 aliphatic heterocycles. The molecule has 8 aromatic carbocycles. The number of anilines is 3. The molecule has 3 nitrogen and oxygen atoms in total. The monoisotopic (exact) mass is 717 g/mol. The second-order valence-corrected chi connectivity index (χ2v) is 15.7. The van der Waals surface area contributed by atoms with Gasteiger partial charge in [-0.15, -0.1) is 0 Å². The fourth-order valence-corrected chi connectivity index (χ4v) is 9.32. The first kappa shape index (κ1) is 32.5. The lowest BCUT2D eigenvalue weighted by Crippen LogP contribution is -2.16. The van der Waals surface area contributed by atoms with Gasteiger partial charge in [0.15, 0.2) is 0 Å². The topological polar surface area (TPSA) is 21.1 Å². The molecule has 1 aliphatic carbocycles. The maximum atomic E-state index is 5.38. The number of aromatic nitrogens is 2. The average molecular weight is 718 g/mol. The Balaban J connectivity index is 1.09. The number of hydrogen-bond donors (Lipinski definition) is 0. The molecule has 56 heavy (non-hydrogen) atoms. The summed E-state index contributed by atoms with van der Waals surface area (Å²) >= 11 is 0. The molecule has 3 heteroatoms. The van der Waals surface area contributed by atoms with Gasteiger partial charge in [0, 0.05) is 60.7 Å². The highest BCUT2D eigenvalue weighted by Gasteiger charge is 2.35. The Morgan fingerprint density at radius 2 is 1.12 bits per heavy atom. The molecular weight excluding hydrogens is 679 g/mol. The van der Waals surface area contributed by atoms with Gasteiger partial charge < -0.3 is 9.47 Å². The Morgan fingerprint density at radius 3 is 1.93 bits per heavy atom. The number of aryl methyl sites for hydroxylation is 1. The van der Waals surface area contributed by atoms with Crippen LogP contribution < -0.4 is 4.90 Å². The summed E-state index contributed by atoms with van der Waals surface area (Å²) in [4.78, 5) is 7.77. The molecular formula is C53H39N3. The van der Waals surface area contributed by atoms with Crippen molar-refractivity contribution in [3.63, 3.8) is 0 Å². The molecule has 0 spiro atoms. The standard InChI is InChI=1S/C53H39N3/c1-34-21-25-37(26-22-34)55(39-29-30-41-40-15-7-10-18-45(40)53(2,3)46(41)33-39)38-27-23-35(24-28-38)52-44-31-32-49-51(50(44)42-16-8-11-19-47(42)54-52)43-17-9-12-20-48(43)56(49)36-13-5-4-6-14-36/h4-33H,1-3H3. The Hall–Kier alpha value is -6.97. The highest BCUT2D eigenvalue weighted by Crippen LogP contribution is 2.51. The summed E-state index contributed by atoms with van der Waals surface area (Å²) in [7, 11) is 0. The summed E-state index contributed by atoms with van der Waals surface area (Å²) in [5, 5.41) is 6.04. The van der Waals surface area contributed by atoms with Crippen molar-refractivity contribution in [3.05, 3.63) is 199 Å². The van der Waals surface area contributed by atoms with Gasteiger partial charge in [0.05, 0.1) is 22.2 Å². The van der Waals surface area contributed by atoms with Gasteiger partial charge in [-0.25, -0.2) is 4.98 Å². The summed E-state index contributed by atoms with van der Waals surface area (Å²) in [6.07, 6.45) is 0. The molecule has 0 radical (unpaired) electrons. The number of rotatable bonds is 5. The van der Waals surface area contributed by atoms with E-state index in [9.17, 15) is 0 Å². The van der Waals surface area contributed by atoms with Crippen LogP contribution in [0, 0.1) is 6.92 Å². The van der Waals surface area contributed by atoms with E-state index in [0.29, 0.717) is 0 Å². The molecule has 0 atom stereocenters. The highest BCUT2D eigenvalue weighted by atomic mass is 15.1. The summed E-state index contributed by atoms with van der Waals surface area (Å²) in [5.41, 5.74) is 16.5. The maximum absolute atomic E-state index is 5.38. The van der Waals surface area contributed by atoms with Crippen LogP contribution in [0.4, 0.5) is 17.1 Å². The number of benzene rings is 8. The van der Waals surface area contributed by atoms with Gasteiger partial charge in [0.25, 0.3) is 0 Å². The molecule has 266 valence electrons. The van der Waals surface area contributed by atoms with Crippen molar-refractivity contribution >= 4 is 60.5 Å². The highest BCUT2D eigenvalue weighted by molar-refractivity contribution is 6.29. The Kier molecular flexibility index (Phi) is 7.11. The Morgan fingerprint density at radius 1 is 0.482 bits per heavy atom. The van der Waals surface area contributed by atoms with Crippen LogP contribution in [-0.2, 0) is 5.41 Å². The first-order valence-electron chi connectivity index (χ1n) is 19.5. The molecule has 0 bridgehead atoms. The van der Waals surface area contributed by atoms with Crippen molar-refractivity contribution in [3.8, 4) is 28.1 Å². The zero-order valence-corrected chi connectivity index (χ0v) is 31.7. The number of hydrogen-bond acceptors (Lipinski definition) is 2. The predicted octanol–water partition coefficient (Wildman–Crippen LogP) is 14.2. The summed E-state index contributed by atoms with van der Waals surface area (Å²) in [6, 6.07) is 66.3. The van der Waals surface area contributed by atoms with E-state index in [1.807, 2.05) is 0 Å². The lowest BCUT2D eigenvalue weighted by molar-refractivity contribution is 0.660. The predicted molar refractivity (Wildman–Crippen MR) is 236 cm³/mol. The van der Waals surface area contributed by atoms with Crippen LogP contribution in [0.2, 0.25) is 0 Å². The largest absolute Gasteiger partial charge is 0.310 e. The van der Waals surface area contributed by atoms with Crippen molar-refractivity contribution in [1.29, 1.82) is 0 Å². The third kappa shape index (κ3) is 4.80. The molecule has 0 unspecified atom stereocenters. The molecule has 2 aromatic heterocycles. The lowest BCUT2D eigenvalue weighted by atomic mass is 9.82. The number of para-hydroxylation sites is 3. The van der Waals surface area contributed by atoms with Crippen LogP contribution in [0.3, 0.4) is 0 Å². The van der Waals surface area contributed by atoms with Crippen LogP contribution in [-0.4, -0.2) is 9.55 Å². The van der Waals surface area contributed by atoms with E-state index < -0.39 is 0 Å². The SMILES string of the molecule is Cc1ccc(N(c2ccc(-c3nc4ccccc4c4c3ccc3c4c4ccccc4n3-c3ccccc3)cc2)c2ccc3c(c2)C(C)(C)c2ccccc2-3)cc1. The van der Waals surface area contributed by atoms with E-state index in [-0.39, 0.29) is 5.41 Å². The fraction of sp³-hybridized carbons (Fsp3) is 0.0755. The van der Waals surface area contributed by atoms with Gasteiger partial charge in [-0.3, -0.25) is 0 Å². The maximum Gasteiger partial charge on any atom is 0.0788 e. The third-order valence-electron chi connectivity index (χ3n) is 12.0. The quantitative estimate of drug-likeness (QED) is 0.165. The van der Waals surface area contributed by atoms with E-state index in [1.54, 1.807) is 0 Å². The van der Waals surface area contributed by atoms with Crippen molar-refractivity contribution in [2.75, 3.05) is 4.90 Å².